The number of fused-ring (bicyclic) bond motifs is 6. The average Bonchev–Trinajstić information content (AvgIpc) is 3.07. The number of nitrogens with zero attached hydrogens (tertiary/aromatic N) is 4. The zero-order valence-electron chi connectivity index (χ0n) is 25.8. The van der Waals surface area contributed by atoms with Crippen LogP contribution in [0.2, 0.25) is 0 Å². The fourth-order valence-electron chi connectivity index (χ4n) is 6.51. The summed E-state index contributed by atoms with van der Waals surface area (Å²) in [6.07, 6.45) is 0. The van der Waals surface area contributed by atoms with Crippen LogP contribution < -0.4 is 0 Å². The summed E-state index contributed by atoms with van der Waals surface area (Å²) >= 11 is 0. The predicted molar refractivity (Wildman–Crippen MR) is 187 cm³/mol. The lowest BCUT2D eigenvalue weighted by Gasteiger charge is -2.29. The van der Waals surface area contributed by atoms with Gasteiger partial charge in [-0.25, -0.2) is 9.97 Å². The molecule has 4 aromatic heterocycles. The van der Waals surface area contributed by atoms with Crippen LogP contribution in [0, 0.1) is 13.8 Å². The molecule has 4 heterocycles. The van der Waals surface area contributed by atoms with E-state index >= 15 is 0 Å². The molecule has 0 saturated carbocycles. The monoisotopic (exact) mass is 580 g/mol. The van der Waals surface area contributed by atoms with Gasteiger partial charge >= 0.3 is 0 Å². The first-order chi connectivity index (χ1) is 21.8. The van der Waals surface area contributed by atoms with Crippen LogP contribution in [-0.4, -0.2) is 19.9 Å². The summed E-state index contributed by atoms with van der Waals surface area (Å²) in [5.74, 6) is 0. The fraction of sp³-hybridized carbons (Fsp3) is 0.122. The summed E-state index contributed by atoms with van der Waals surface area (Å²) in [5.41, 5.74) is 12.1. The third kappa shape index (κ3) is 4.61. The number of aromatic nitrogens is 4. The quantitative estimate of drug-likeness (QED) is 0.194. The number of rotatable bonds is 4. The largest absolute Gasteiger partial charge is 0.251 e. The third-order valence-corrected chi connectivity index (χ3v) is 9.10. The molecule has 4 aromatic carbocycles. The smallest absolute Gasteiger partial charge is 0.0972 e. The van der Waals surface area contributed by atoms with Crippen molar-refractivity contribution in [1.82, 2.24) is 19.9 Å². The molecule has 0 spiro atoms. The van der Waals surface area contributed by atoms with Gasteiger partial charge < -0.3 is 0 Å². The Balaban J connectivity index is 1.19. The normalized spacial score (nSPS) is 12.0. The van der Waals surface area contributed by atoms with Crippen LogP contribution in [0.1, 0.15) is 36.4 Å². The van der Waals surface area contributed by atoms with Crippen molar-refractivity contribution in [1.29, 1.82) is 0 Å². The van der Waals surface area contributed by atoms with Gasteiger partial charge in [0.1, 0.15) is 0 Å². The molecule has 8 rings (SSSR count). The van der Waals surface area contributed by atoms with Gasteiger partial charge in [0.25, 0.3) is 0 Å². The highest BCUT2D eigenvalue weighted by Gasteiger charge is 2.27. The molecule has 0 aliphatic rings. The summed E-state index contributed by atoms with van der Waals surface area (Å²) < 4.78 is 0. The summed E-state index contributed by atoms with van der Waals surface area (Å²) in [6, 6.07) is 42.9. The highest BCUT2D eigenvalue weighted by molar-refractivity contribution is 6.04. The molecule has 0 aliphatic heterocycles. The zero-order valence-corrected chi connectivity index (χ0v) is 25.8. The van der Waals surface area contributed by atoms with Crippen molar-refractivity contribution < 1.29 is 0 Å². The van der Waals surface area contributed by atoms with Crippen LogP contribution in [0.3, 0.4) is 0 Å². The van der Waals surface area contributed by atoms with Crippen molar-refractivity contribution in [3.8, 4) is 22.5 Å². The van der Waals surface area contributed by atoms with E-state index in [1.807, 2.05) is 19.9 Å². The van der Waals surface area contributed by atoms with E-state index in [4.69, 9.17) is 19.9 Å². The Bertz CT molecular complexity index is 2420. The highest BCUT2D eigenvalue weighted by atomic mass is 14.8. The third-order valence-electron chi connectivity index (χ3n) is 9.10. The molecule has 0 unspecified atom stereocenters. The minimum Gasteiger partial charge on any atom is -0.251 e. The van der Waals surface area contributed by atoms with Gasteiger partial charge in [0.05, 0.1) is 33.5 Å². The predicted octanol–water partition coefficient (Wildman–Crippen LogP) is 10.2. The maximum absolute atomic E-state index is 5.21. The van der Waals surface area contributed by atoms with Crippen LogP contribution in [0.4, 0.5) is 0 Å². The standard InChI is InChI=1S/C41H32N4/c1-25-9-11-28-13-15-30-19-23-35(44-39(30)37(28)42-25)27-17-21-32(22-18-27)41(3,4)34-8-6-5-7-33(34)36-24-20-31-16-14-29-12-10-26(2)43-38(29)40(31)45-36/h5-24H,1-4H3. The number of aryl methyl sites for hydroxylation is 2. The average molecular weight is 581 g/mol. The van der Waals surface area contributed by atoms with E-state index in [0.29, 0.717) is 0 Å². The lowest BCUT2D eigenvalue weighted by Crippen LogP contribution is -2.20. The fourth-order valence-corrected chi connectivity index (χ4v) is 6.51. The van der Waals surface area contributed by atoms with Gasteiger partial charge in [-0.3, -0.25) is 9.97 Å². The summed E-state index contributed by atoms with van der Waals surface area (Å²) in [5, 5.41) is 4.40. The molecule has 0 amide bonds. The summed E-state index contributed by atoms with van der Waals surface area (Å²) in [6.45, 7) is 8.63. The van der Waals surface area contributed by atoms with Crippen molar-refractivity contribution in [2.24, 2.45) is 0 Å². The number of hydrogen-bond acceptors (Lipinski definition) is 4. The lowest BCUT2D eigenvalue weighted by atomic mass is 9.75. The minimum absolute atomic E-state index is 0.270. The molecule has 216 valence electrons. The van der Waals surface area contributed by atoms with Gasteiger partial charge in [0.15, 0.2) is 0 Å². The van der Waals surface area contributed by atoms with E-state index < -0.39 is 0 Å². The van der Waals surface area contributed by atoms with Crippen LogP contribution in [0.15, 0.2) is 121 Å². The van der Waals surface area contributed by atoms with Crippen molar-refractivity contribution in [2.45, 2.75) is 33.1 Å². The van der Waals surface area contributed by atoms with E-state index in [9.17, 15) is 0 Å². The van der Waals surface area contributed by atoms with Crippen molar-refractivity contribution >= 4 is 43.6 Å². The second kappa shape index (κ2) is 10.3. The first kappa shape index (κ1) is 27.1. The van der Waals surface area contributed by atoms with Gasteiger partial charge in [0.2, 0.25) is 0 Å². The van der Waals surface area contributed by atoms with E-state index in [2.05, 4.69) is 129 Å². The van der Waals surface area contributed by atoms with Crippen molar-refractivity contribution in [2.75, 3.05) is 0 Å². The van der Waals surface area contributed by atoms with Gasteiger partial charge in [-0.2, -0.15) is 0 Å². The molecule has 45 heavy (non-hydrogen) atoms. The van der Waals surface area contributed by atoms with E-state index in [1.165, 1.54) is 11.1 Å². The second-order valence-corrected chi connectivity index (χ2v) is 12.5. The summed E-state index contributed by atoms with van der Waals surface area (Å²) in [4.78, 5) is 20.0. The molecule has 0 N–H and O–H groups in total. The molecular weight excluding hydrogens is 548 g/mol. The van der Waals surface area contributed by atoms with Crippen LogP contribution >= 0.6 is 0 Å². The van der Waals surface area contributed by atoms with Crippen LogP contribution in [-0.2, 0) is 5.41 Å². The first-order valence-corrected chi connectivity index (χ1v) is 15.4. The Hall–Kier alpha value is -5.48. The van der Waals surface area contributed by atoms with Gasteiger partial charge in [-0.1, -0.05) is 111 Å². The molecular formula is C41H32N4. The molecule has 0 radical (unpaired) electrons. The molecule has 4 nitrogen and oxygen atoms in total. The maximum Gasteiger partial charge on any atom is 0.0972 e. The Morgan fingerprint density at radius 2 is 0.867 bits per heavy atom. The van der Waals surface area contributed by atoms with E-state index in [-0.39, 0.29) is 5.41 Å². The SMILES string of the molecule is Cc1ccc2ccc3ccc(-c4ccc(C(C)(C)c5ccccc5-c5ccc6ccc7ccc(C)nc7c6n5)cc4)nc3c2n1. The Morgan fingerprint density at radius 3 is 1.44 bits per heavy atom. The maximum atomic E-state index is 5.21. The number of benzene rings is 4. The van der Waals surface area contributed by atoms with Gasteiger partial charge in [-0.15, -0.1) is 0 Å². The molecule has 4 heteroatoms. The number of hydrogen-bond donors (Lipinski definition) is 0. The molecule has 0 bridgehead atoms. The highest BCUT2D eigenvalue weighted by Crippen LogP contribution is 2.39. The zero-order chi connectivity index (χ0) is 30.7. The number of pyridine rings is 4. The Kier molecular flexibility index (Phi) is 6.21. The molecule has 0 fully saturated rings. The summed E-state index contributed by atoms with van der Waals surface area (Å²) in [7, 11) is 0. The molecule has 0 saturated heterocycles. The van der Waals surface area contributed by atoms with Crippen molar-refractivity contribution in [3.05, 3.63) is 144 Å². The lowest BCUT2D eigenvalue weighted by molar-refractivity contribution is 0.642. The van der Waals surface area contributed by atoms with Gasteiger partial charge in [-0.05, 0) is 49.2 Å². The second-order valence-electron chi connectivity index (χ2n) is 12.5. The topological polar surface area (TPSA) is 51.6 Å². The van der Waals surface area contributed by atoms with E-state index in [0.717, 1.165) is 77.5 Å². The van der Waals surface area contributed by atoms with Gasteiger partial charge in [0, 0.05) is 49.5 Å². The van der Waals surface area contributed by atoms with Crippen LogP contribution in [0.5, 0.6) is 0 Å². The minimum atomic E-state index is -0.270. The molecule has 8 aromatic rings. The molecule has 0 aliphatic carbocycles. The van der Waals surface area contributed by atoms with Crippen molar-refractivity contribution in [3.63, 3.8) is 0 Å². The van der Waals surface area contributed by atoms with Crippen LogP contribution in [0.25, 0.3) is 66.1 Å². The van der Waals surface area contributed by atoms with E-state index in [1.54, 1.807) is 0 Å². The molecule has 0 atom stereocenters. The Labute approximate surface area is 262 Å². The Morgan fingerprint density at radius 1 is 0.422 bits per heavy atom. The first-order valence-electron chi connectivity index (χ1n) is 15.4.